The van der Waals surface area contributed by atoms with E-state index in [4.69, 9.17) is 4.98 Å². The minimum absolute atomic E-state index is 0.0749. The summed E-state index contributed by atoms with van der Waals surface area (Å²) >= 11 is 0. The highest BCUT2D eigenvalue weighted by atomic mass is 16.1. The van der Waals surface area contributed by atoms with Crippen LogP contribution in [0.3, 0.4) is 0 Å². The van der Waals surface area contributed by atoms with E-state index in [1.807, 2.05) is 19.1 Å². The Morgan fingerprint density at radius 3 is 2.67 bits per heavy atom. The molecule has 6 heteroatoms. The van der Waals surface area contributed by atoms with Gasteiger partial charge in [0.05, 0.1) is 5.39 Å². The third-order valence-corrected chi connectivity index (χ3v) is 6.17. The molecule has 4 rings (SSSR count). The molecule has 2 aromatic heterocycles. The van der Waals surface area contributed by atoms with Gasteiger partial charge in [-0.25, -0.2) is 0 Å². The Hall–Kier alpha value is -2.08. The number of aromatic nitrogens is 3. The summed E-state index contributed by atoms with van der Waals surface area (Å²) < 4.78 is 4.03. The van der Waals surface area contributed by atoms with Crippen molar-refractivity contribution >= 4 is 17.0 Å². The summed E-state index contributed by atoms with van der Waals surface area (Å²) in [6.45, 7) is 9.58. The quantitative estimate of drug-likeness (QED) is 0.793. The summed E-state index contributed by atoms with van der Waals surface area (Å²) in [4.78, 5) is 20.4. The smallest absolute Gasteiger partial charge is 0.264 e. The van der Waals surface area contributed by atoms with E-state index in [2.05, 4.69) is 27.6 Å². The number of hydrogen-bond donors (Lipinski definition) is 1. The summed E-state index contributed by atoms with van der Waals surface area (Å²) in [6, 6.07) is 2.80. The molecule has 6 nitrogen and oxygen atoms in total. The highest BCUT2D eigenvalue weighted by Crippen LogP contribution is 2.27. The normalized spacial score (nSPS) is 19.7. The maximum absolute atomic E-state index is 13.0. The van der Waals surface area contributed by atoms with Crippen LogP contribution in [0.2, 0.25) is 0 Å². The van der Waals surface area contributed by atoms with Gasteiger partial charge < -0.3 is 9.88 Å². The molecule has 2 aliphatic rings. The SMILES string of the molecule is C=CCN1CCC(n2ccc3c(=O)n(CC)c(NC4CCCC4)nc32)CC1. The zero-order chi connectivity index (χ0) is 18.8. The van der Waals surface area contributed by atoms with E-state index in [-0.39, 0.29) is 5.56 Å². The fraction of sp³-hybridized carbons (Fsp3) is 0.619. The molecule has 1 saturated heterocycles. The van der Waals surface area contributed by atoms with Crippen LogP contribution in [0, 0.1) is 0 Å². The lowest BCUT2D eigenvalue weighted by molar-refractivity contribution is 0.205. The Morgan fingerprint density at radius 2 is 2.00 bits per heavy atom. The van der Waals surface area contributed by atoms with Gasteiger partial charge in [0, 0.05) is 44.5 Å². The van der Waals surface area contributed by atoms with Crippen LogP contribution in [0.1, 0.15) is 51.5 Å². The first-order valence-electron chi connectivity index (χ1n) is 10.4. The van der Waals surface area contributed by atoms with E-state index >= 15 is 0 Å². The second kappa shape index (κ2) is 7.89. The Labute approximate surface area is 160 Å². The van der Waals surface area contributed by atoms with Gasteiger partial charge in [-0.1, -0.05) is 18.9 Å². The predicted molar refractivity (Wildman–Crippen MR) is 110 cm³/mol. The second-order valence-corrected chi connectivity index (χ2v) is 7.89. The van der Waals surface area contributed by atoms with Crippen molar-refractivity contribution in [2.75, 3.05) is 25.0 Å². The first-order chi connectivity index (χ1) is 13.2. The third-order valence-electron chi connectivity index (χ3n) is 6.17. The molecule has 0 bridgehead atoms. The van der Waals surface area contributed by atoms with Gasteiger partial charge in [0.25, 0.3) is 5.56 Å². The number of likely N-dealkylation sites (tertiary alicyclic amines) is 1. The van der Waals surface area contributed by atoms with Crippen molar-refractivity contribution in [3.05, 3.63) is 35.3 Å². The van der Waals surface area contributed by atoms with Gasteiger partial charge in [0.15, 0.2) is 0 Å². The van der Waals surface area contributed by atoms with Gasteiger partial charge in [-0.2, -0.15) is 4.98 Å². The van der Waals surface area contributed by atoms with Gasteiger partial charge in [0.1, 0.15) is 5.65 Å². The van der Waals surface area contributed by atoms with Crippen molar-refractivity contribution in [1.29, 1.82) is 0 Å². The van der Waals surface area contributed by atoms with Crippen molar-refractivity contribution < 1.29 is 0 Å². The molecule has 0 aromatic carbocycles. The standard InChI is InChI=1S/C21H31N5O/c1-3-12-24-13-9-17(10-14-24)26-15-11-18-19(26)23-21(25(4-2)20(18)27)22-16-7-5-6-8-16/h3,11,15-17H,1,4-10,12-14H2,2H3,(H,22,23). The predicted octanol–water partition coefficient (Wildman–Crippen LogP) is 3.40. The Kier molecular flexibility index (Phi) is 5.34. The fourth-order valence-electron chi connectivity index (χ4n) is 4.64. The fourth-order valence-corrected chi connectivity index (χ4v) is 4.64. The van der Waals surface area contributed by atoms with Crippen LogP contribution in [-0.2, 0) is 6.54 Å². The Bertz CT molecular complexity index is 853. The summed E-state index contributed by atoms with van der Waals surface area (Å²) in [7, 11) is 0. The summed E-state index contributed by atoms with van der Waals surface area (Å²) in [5, 5.41) is 4.29. The first kappa shape index (κ1) is 18.3. The first-order valence-corrected chi connectivity index (χ1v) is 10.4. The molecular formula is C21H31N5O. The van der Waals surface area contributed by atoms with Gasteiger partial charge in [-0.15, -0.1) is 6.58 Å². The van der Waals surface area contributed by atoms with Crippen molar-refractivity contribution in [1.82, 2.24) is 19.0 Å². The molecule has 1 saturated carbocycles. The molecule has 1 aliphatic heterocycles. The monoisotopic (exact) mass is 369 g/mol. The molecular weight excluding hydrogens is 338 g/mol. The molecule has 146 valence electrons. The molecule has 3 heterocycles. The van der Waals surface area contributed by atoms with Crippen molar-refractivity contribution in [2.24, 2.45) is 0 Å². The van der Waals surface area contributed by atoms with Crippen molar-refractivity contribution in [3.8, 4) is 0 Å². The van der Waals surface area contributed by atoms with E-state index in [1.165, 1.54) is 25.7 Å². The molecule has 2 aromatic rings. The Morgan fingerprint density at radius 1 is 1.26 bits per heavy atom. The second-order valence-electron chi connectivity index (χ2n) is 7.89. The van der Waals surface area contributed by atoms with E-state index in [0.29, 0.717) is 18.6 Å². The van der Waals surface area contributed by atoms with E-state index < -0.39 is 0 Å². The molecule has 2 fully saturated rings. The zero-order valence-corrected chi connectivity index (χ0v) is 16.4. The number of nitrogens with zero attached hydrogens (tertiary/aromatic N) is 4. The average molecular weight is 370 g/mol. The van der Waals surface area contributed by atoms with Gasteiger partial charge in [-0.05, 0) is 38.7 Å². The molecule has 0 radical (unpaired) electrons. The van der Waals surface area contributed by atoms with Gasteiger partial charge in [0.2, 0.25) is 5.95 Å². The minimum Gasteiger partial charge on any atom is -0.353 e. The molecule has 0 spiro atoms. The van der Waals surface area contributed by atoms with Crippen molar-refractivity contribution in [2.45, 2.75) is 64.1 Å². The third kappa shape index (κ3) is 3.55. The lowest BCUT2D eigenvalue weighted by Crippen LogP contribution is -2.34. The van der Waals surface area contributed by atoms with Crippen LogP contribution in [0.4, 0.5) is 5.95 Å². The maximum atomic E-state index is 13.0. The largest absolute Gasteiger partial charge is 0.353 e. The number of anilines is 1. The topological polar surface area (TPSA) is 55.1 Å². The maximum Gasteiger partial charge on any atom is 0.264 e. The molecule has 0 unspecified atom stereocenters. The van der Waals surface area contributed by atoms with Crippen LogP contribution >= 0.6 is 0 Å². The van der Waals surface area contributed by atoms with E-state index in [9.17, 15) is 4.79 Å². The Balaban J connectivity index is 1.65. The molecule has 1 N–H and O–H groups in total. The minimum atomic E-state index is 0.0749. The number of rotatable bonds is 6. The van der Waals surface area contributed by atoms with Crippen LogP contribution in [0.5, 0.6) is 0 Å². The average Bonchev–Trinajstić information content (AvgIpc) is 3.33. The van der Waals surface area contributed by atoms with E-state index in [0.717, 1.165) is 49.5 Å². The summed E-state index contributed by atoms with van der Waals surface area (Å²) in [6.07, 6.45) is 11.1. The molecule has 0 atom stereocenters. The number of fused-ring (bicyclic) bond motifs is 1. The van der Waals surface area contributed by atoms with Crippen LogP contribution in [-0.4, -0.2) is 44.7 Å². The highest BCUT2D eigenvalue weighted by Gasteiger charge is 2.24. The van der Waals surface area contributed by atoms with Gasteiger partial charge >= 0.3 is 0 Å². The summed E-state index contributed by atoms with van der Waals surface area (Å²) in [5.41, 5.74) is 0.915. The highest BCUT2D eigenvalue weighted by molar-refractivity contribution is 5.76. The number of nitrogens with one attached hydrogen (secondary N) is 1. The number of hydrogen-bond acceptors (Lipinski definition) is 4. The van der Waals surface area contributed by atoms with Crippen LogP contribution in [0.25, 0.3) is 11.0 Å². The molecule has 27 heavy (non-hydrogen) atoms. The van der Waals surface area contributed by atoms with Gasteiger partial charge in [-0.3, -0.25) is 14.3 Å². The van der Waals surface area contributed by atoms with Crippen molar-refractivity contribution in [3.63, 3.8) is 0 Å². The summed E-state index contributed by atoms with van der Waals surface area (Å²) in [5.74, 6) is 0.742. The number of piperidine rings is 1. The van der Waals surface area contributed by atoms with E-state index in [1.54, 1.807) is 4.57 Å². The van der Waals surface area contributed by atoms with Crippen LogP contribution < -0.4 is 10.9 Å². The lowest BCUT2D eigenvalue weighted by atomic mass is 10.0. The molecule has 1 aliphatic carbocycles. The lowest BCUT2D eigenvalue weighted by Gasteiger charge is -2.32. The van der Waals surface area contributed by atoms with Crippen LogP contribution in [0.15, 0.2) is 29.7 Å². The zero-order valence-electron chi connectivity index (χ0n) is 16.4. The molecule has 0 amide bonds.